The van der Waals surface area contributed by atoms with Gasteiger partial charge in [0.1, 0.15) is 11.6 Å². The van der Waals surface area contributed by atoms with E-state index in [1.807, 2.05) is 0 Å². The third-order valence-electron chi connectivity index (χ3n) is 0.990. The molecule has 1 aromatic heterocycles. The Bertz CT molecular complexity index is 217. The molecule has 0 unspecified atom stereocenters. The highest BCUT2D eigenvalue weighted by Gasteiger charge is 1.96. The molecule has 0 aliphatic carbocycles. The molecule has 0 radical (unpaired) electrons. The lowest BCUT2D eigenvalue weighted by Crippen LogP contribution is -1.97. The fourth-order valence-electron chi connectivity index (χ4n) is 0.581. The Morgan fingerprint density at radius 2 is 2.30 bits per heavy atom. The standard InChI is InChI=1S/C5H8N4O/c1-7-4-2-3(6)8-5(10)9-4/h2H,1H3,(H4,6,7,8,9,10). The SMILES string of the molecule is CNc1cc(N)nc(O)n1. The molecule has 1 aromatic rings. The number of nitrogens with zero attached hydrogens (tertiary/aromatic N) is 2. The molecule has 54 valence electrons. The number of nitrogen functional groups attached to an aromatic ring is 1. The Morgan fingerprint density at radius 3 is 2.80 bits per heavy atom. The number of aromatic nitrogens is 2. The number of rotatable bonds is 1. The Kier molecular flexibility index (Phi) is 1.57. The maximum atomic E-state index is 8.78. The van der Waals surface area contributed by atoms with Crippen molar-refractivity contribution in [2.45, 2.75) is 0 Å². The molecule has 4 N–H and O–H groups in total. The third-order valence-corrected chi connectivity index (χ3v) is 0.990. The maximum Gasteiger partial charge on any atom is 0.317 e. The minimum Gasteiger partial charge on any atom is -0.479 e. The minimum absolute atomic E-state index is 0.247. The second-order valence-corrected chi connectivity index (χ2v) is 1.73. The number of nitrogens with one attached hydrogen (secondary N) is 1. The zero-order valence-electron chi connectivity index (χ0n) is 5.50. The van der Waals surface area contributed by atoms with Gasteiger partial charge in [-0.25, -0.2) is 0 Å². The van der Waals surface area contributed by atoms with Crippen molar-refractivity contribution in [1.82, 2.24) is 9.97 Å². The Hall–Kier alpha value is -1.52. The first-order valence-corrected chi connectivity index (χ1v) is 2.73. The molecule has 0 spiro atoms. The van der Waals surface area contributed by atoms with E-state index in [9.17, 15) is 0 Å². The Balaban J connectivity index is 3.06. The summed E-state index contributed by atoms with van der Waals surface area (Å²) in [4.78, 5) is 7.07. The fourth-order valence-corrected chi connectivity index (χ4v) is 0.581. The van der Waals surface area contributed by atoms with Gasteiger partial charge >= 0.3 is 6.01 Å². The largest absolute Gasteiger partial charge is 0.479 e. The van der Waals surface area contributed by atoms with E-state index >= 15 is 0 Å². The molecule has 0 saturated heterocycles. The van der Waals surface area contributed by atoms with Crippen molar-refractivity contribution in [3.05, 3.63) is 6.07 Å². The summed E-state index contributed by atoms with van der Waals surface area (Å²) in [7, 11) is 1.68. The van der Waals surface area contributed by atoms with Gasteiger partial charge in [0, 0.05) is 13.1 Å². The van der Waals surface area contributed by atoms with Crippen LogP contribution >= 0.6 is 0 Å². The summed E-state index contributed by atoms with van der Waals surface area (Å²) in [5.74, 6) is 0.752. The van der Waals surface area contributed by atoms with Gasteiger partial charge in [-0.2, -0.15) is 9.97 Å². The van der Waals surface area contributed by atoms with Crippen LogP contribution in [-0.2, 0) is 0 Å². The number of hydrogen-bond donors (Lipinski definition) is 3. The van der Waals surface area contributed by atoms with Gasteiger partial charge in [-0.1, -0.05) is 0 Å². The van der Waals surface area contributed by atoms with Gasteiger partial charge in [0.25, 0.3) is 0 Å². The molecule has 0 aliphatic rings. The number of anilines is 2. The summed E-state index contributed by atoms with van der Waals surface area (Å²) in [5.41, 5.74) is 5.28. The van der Waals surface area contributed by atoms with Gasteiger partial charge in [-0.3, -0.25) is 0 Å². The van der Waals surface area contributed by atoms with Crippen molar-refractivity contribution >= 4 is 11.6 Å². The first-order chi connectivity index (χ1) is 4.72. The highest BCUT2D eigenvalue weighted by Crippen LogP contribution is 2.10. The van der Waals surface area contributed by atoms with E-state index in [1.54, 1.807) is 7.05 Å². The molecule has 0 aromatic carbocycles. The van der Waals surface area contributed by atoms with Gasteiger partial charge in [-0.05, 0) is 0 Å². The van der Waals surface area contributed by atoms with E-state index in [0.29, 0.717) is 5.82 Å². The van der Waals surface area contributed by atoms with E-state index in [1.165, 1.54) is 6.07 Å². The van der Waals surface area contributed by atoms with Crippen LogP contribution in [0.15, 0.2) is 6.07 Å². The molecule has 0 atom stereocenters. The molecule has 0 saturated carbocycles. The second-order valence-electron chi connectivity index (χ2n) is 1.73. The highest BCUT2D eigenvalue weighted by atomic mass is 16.3. The van der Waals surface area contributed by atoms with Gasteiger partial charge in [0.05, 0.1) is 0 Å². The first-order valence-electron chi connectivity index (χ1n) is 2.73. The minimum atomic E-state index is -0.315. The first kappa shape index (κ1) is 6.60. The van der Waals surface area contributed by atoms with Crippen molar-refractivity contribution < 1.29 is 5.11 Å². The lowest BCUT2D eigenvalue weighted by molar-refractivity contribution is 0.432. The van der Waals surface area contributed by atoms with Crippen LogP contribution in [0.1, 0.15) is 0 Å². The van der Waals surface area contributed by atoms with Gasteiger partial charge < -0.3 is 16.2 Å². The van der Waals surface area contributed by atoms with Crippen LogP contribution in [0, 0.1) is 0 Å². The molecule has 1 rings (SSSR count). The lowest BCUT2D eigenvalue weighted by Gasteiger charge is -1.98. The highest BCUT2D eigenvalue weighted by molar-refractivity contribution is 5.44. The van der Waals surface area contributed by atoms with Crippen molar-refractivity contribution in [3.63, 3.8) is 0 Å². The third kappa shape index (κ3) is 1.25. The Labute approximate surface area is 57.9 Å². The fraction of sp³-hybridized carbons (Fsp3) is 0.200. The van der Waals surface area contributed by atoms with Crippen LogP contribution in [0.2, 0.25) is 0 Å². The second kappa shape index (κ2) is 2.38. The van der Waals surface area contributed by atoms with E-state index in [4.69, 9.17) is 10.8 Å². The molecule has 5 nitrogen and oxygen atoms in total. The van der Waals surface area contributed by atoms with Crippen molar-refractivity contribution in [3.8, 4) is 6.01 Å². The predicted molar refractivity (Wildman–Crippen MR) is 37.7 cm³/mol. The smallest absolute Gasteiger partial charge is 0.317 e. The van der Waals surface area contributed by atoms with Gasteiger partial charge in [-0.15, -0.1) is 0 Å². The van der Waals surface area contributed by atoms with Crippen LogP contribution in [-0.4, -0.2) is 22.1 Å². The molecule has 10 heavy (non-hydrogen) atoms. The number of aromatic hydroxyl groups is 1. The monoisotopic (exact) mass is 140 g/mol. The van der Waals surface area contributed by atoms with E-state index in [2.05, 4.69) is 15.3 Å². The van der Waals surface area contributed by atoms with Crippen LogP contribution in [0.5, 0.6) is 6.01 Å². The summed E-state index contributed by atoms with van der Waals surface area (Å²) in [6, 6.07) is 1.21. The van der Waals surface area contributed by atoms with Gasteiger partial charge in [0.2, 0.25) is 0 Å². The van der Waals surface area contributed by atoms with Crippen LogP contribution in [0.4, 0.5) is 11.6 Å². The Morgan fingerprint density at radius 1 is 1.60 bits per heavy atom. The average molecular weight is 140 g/mol. The molecule has 0 amide bonds. The van der Waals surface area contributed by atoms with E-state index in [0.717, 1.165) is 0 Å². The molecule has 0 fully saturated rings. The topological polar surface area (TPSA) is 84.1 Å². The normalized spacial score (nSPS) is 9.30. The quantitative estimate of drug-likeness (QED) is 0.503. The molecule has 0 aliphatic heterocycles. The van der Waals surface area contributed by atoms with Crippen molar-refractivity contribution in [2.24, 2.45) is 0 Å². The summed E-state index contributed by atoms with van der Waals surface area (Å²) in [6.07, 6.45) is 0. The summed E-state index contributed by atoms with van der Waals surface area (Å²) < 4.78 is 0. The summed E-state index contributed by atoms with van der Waals surface area (Å²) in [6.45, 7) is 0. The number of nitrogens with two attached hydrogens (primary N) is 1. The van der Waals surface area contributed by atoms with Gasteiger partial charge in [0.15, 0.2) is 0 Å². The zero-order valence-corrected chi connectivity index (χ0v) is 5.50. The maximum absolute atomic E-state index is 8.78. The number of hydrogen-bond acceptors (Lipinski definition) is 5. The average Bonchev–Trinajstić information content (AvgIpc) is 1.85. The van der Waals surface area contributed by atoms with Crippen LogP contribution < -0.4 is 11.1 Å². The summed E-state index contributed by atoms with van der Waals surface area (Å²) in [5, 5.41) is 11.5. The van der Waals surface area contributed by atoms with E-state index in [-0.39, 0.29) is 11.8 Å². The molecule has 0 bridgehead atoms. The lowest BCUT2D eigenvalue weighted by atomic mass is 10.5. The van der Waals surface area contributed by atoms with Crippen molar-refractivity contribution in [1.29, 1.82) is 0 Å². The van der Waals surface area contributed by atoms with Crippen molar-refractivity contribution in [2.75, 3.05) is 18.1 Å². The summed E-state index contributed by atoms with van der Waals surface area (Å²) >= 11 is 0. The predicted octanol–water partition coefficient (Wildman–Crippen LogP) is -0.194. The zero-order chi connectivity index (χ0) is 7.56. The molecular weight excluding hydrogens is 132 g/mol. The molecule has 5 heteroatoms. The van der Waals surface area contributed by atoms with Crippen LogP contribution in [0.3, 0.4) is 0 Å². The van der Waals surface area contributed by atoms with Crippen LogP contribution in [0.25, 0.3) is 0 Å². The molecular formula is C5H8N4O. The van der Waals surface area contributed by atoms with E-state index < -0.39 is 0 Å². The molecule has 1 heterocycles.